The third-order valence-corrected chi connectivity index (χ3v) is 4.20. The van der Waals surface area contributed by atoms with Gasteiger partial charge >= 0.3 is 0 Å². The van der Waals surface area contributed by atoms with Gasteiger partial charge in [0.2, 0.25) is 16.4 Å². The Morgan fingerprint density at radius 3 is 2.62 bits per heavy atom. The summed E-state index contributed by atoms with van der Waals surface area (Å²) in [4.78, 5) is 23.1. The summed E-state index contributed by atoms with van der Waals surface area (Å²) in [6.07, 6.45) is 1.44. The predicted molar refractivity (Wildman–Crippen MR) is 94.2 cm³/mol. The molecule has 0 unspecified atom stereocenters. The molecule has 1 aliphatic heterocycles. The standard InChI is InChI=1S/C17H16N2O6S/c1-26(22,23)19-13-8-15-12(17(21)14(9-24-15)18-10-20)7-16(13)25-11-5-3-2-4-6-11/h2-8,10,14,19H,9H2,1H3,(H,18,20)/t14-/m1/s1. The summed E-state index contributed by atoms with van der Waals surface area (Å²) in [5.74, 6) is 0.479. The van der Waals surface area contributed by atoms with Crippen LogP contribution in [0.15, 0.2) is 42.5 Å². The lowest BCUT2D eigenvalue weighted by atomic mass is 10.00. The van der Waals surface area contributed by atoms with Crippen molar-refractivity contribution in [2.24, 2.45) is 0 Å². The Morgan fingerprint density at radius 1 is 1.23 bits per heavy atom. The first-order chi connectivity index (χ1) is 12.4. The number of anilines is 1. The zero-order chi connectivity index (χ0) is 18.7. The largest absolute Gasteiger partial charge is 0.490 e. The molecule has 2 N–H and O–H groups in total. The molecule has 2 aromatic carbocycles. The van der Waals surface area contributed by atoms with Gasteiger partial charge in [0.25, 0.3) is 0 Å². The number of sulfonamides is 1. The van der Waals surface area contributed by atoms with E-state index in [4.69, 9.17) is 9.47 Å². The molecule has 0 saturated carbocycles. The summed E-state index contributed by atoms with van der Waals surface area (Å²) < 4.78 is 36.9. The van der Waals surface area contributed by atoms with Crippen LogP contribution in [0, 0.1) is 0 Å². The van der Waals surface area contributed by atoms with Crippen LogP contribution in [-0.2, 0) is 14.8 Å². The van der Waals surface area contributed by atoms with Crippen molar-refractivity contribution in [3.8, 4) is 17.2 Å². The van der Waals surface area contributed by atoms with Crippen LogP contribution in [0.3, 0.4) is 0 Å². The maximum Gasteiger partial charge on any atom is 0.229 e. The fraction of sp³-hybridized carbons (Fsp3) is 0.176. The normalized spacial score (nSPS) is 16.2. The van der Waals surface area contributed by atoms with E-state index in [1.807, 2.05) is 6.07 Å². The van der Waals surface area contributed by atoms with E-state index in [-0.39, 0.29) is 35.1 Å². The van der Waals surface area contributed by atoms with E-state index in [0.29, 0.717) is 12.2 Å². The third kappa shape index (κ3) is 3.94. The second-order valence-electron chi connectivity index (χ2n) is 5.65. The average molecular weight is 376 g/mol. The van der Waals surface area contributed by atoms with Crippen LogP contribution in [0.2, 0.25) is 0 Å². The summed E-state index contributed by atoms with van der Waals surface area (Å²) in [7, 11) is -3.58. The highest BCUT2D eigenvalue weighted by Gasteiger charge is 2.30. The first-order valence-electron chi connectivity index (χ1n) is 7.63. The van der Waals surface area contributed by atoms with Crippen molar-refractivity contribution >= 4 is 27.9 Å². The quantitative estimate of drug-likeness (QED) is 0.740. The van der Waals surface area contributed by atoms with Crippen LogP contribution in [0.25, 0.3) is 0 Å². The number of amides is 1. The zero-order valence-corrected chi connectivity index (χ0v) is 14.6. The van der Waals surface area contributed by atoms with Crippen LogP contribution >= 0.6 is 0 Å². The van der Waals surface area contributed by atoms with Crippen molar-refractivity contribution in [2.75, 3.05) is 17.6 Å². The summed E-state index contributed by atoms with van der Waals surface area (Å²) in [5, 5.41) is 2.39. The minimum absolute atomic E-state index is 0.0399. The van der Waals surface area contributed by atoms with Crippen molar-refractivity contribution in [1.29, 1.82) is 0 Å². The molecule has 0 saturated heterocycles. The molecule has 136 valence electrons. The molecule has 0 bridgehead atoms. The molecule has 1 atom stereocenters. The Morgan fingerprint density at radius 2 is 1.96 bits per heavy atom. The Kier molecular flexibility index (Phi) is 4.81. The summed E-state index contributed by atoms with van der Waals surface area (Å²) in [6.45, 7) is -0.0399. The number of nitrogens with one attached hydrogen (secondary N) is 2. The lowest BCUT2D eigenvalue weighted by Gasteiger charge is -2.25. The lowest BCUT2D eigenvalue weighted by Crippen LogP contribution is -2.43. The van der Waals surface area contributed by atoms with E-state index in [1.165, 1.54) is 12.1 Å². The van der Waals surface area contributed by atoms with Gasteiger partial charge in [-0.1, -0.05) is 18.2 Å². The van der Waals surface area contributed by atoms with Gasteiger partial charge in [0, 0.05) is 6.07 Å². The van der Waals surface area contributed by atoms with Gasteiger partial charge in [0.05, 0.1) is 17.5 Å². The average Bonchev–Trinajstić information content (AvgIpc) is 2.58. The fourth-order valence-corrected chi connectivity index (χ4v) is 3.05. The molecule has 1 heterocycles. The number of hydrogen-bond donors (Lipinski definition) is 2. The summed E-state index contributed by atoms with van der Waals surface area (Å²) in [5.41, 5.74) is 0.338. The fourth-order valence-electron chi connectivity index (χ4n) is 2.49. The van der Waals surface area contributed by atoms with E-state index in [1.54, 1.807) is 24.3 Å². The minimum Gasteiger partial charge on any atom is -0.490 e. The molecule has 2 aromatic rings. The molecule has 0 spiro atoms. The van der Waals surface area contributed by atoms with Crippen molar-refractivity contribution in [3.05, 3.63) is 48.0 Å². The predicted octanol–water partition coefficient (Wildman–Crippen LogP) is 1.54. The highest BCUT2D eigenvalue weighted by atomic mass is 32.2. The first-order valence-corrected chi connectivity index (χ1v) is 9.52. The number of benzene rings is 2. The topological polar surface area (TPSA) is 111 Å². The first kappa shape index (κ1) is 17.7. The Labute approximate surface area is 150 Å². The number of ether oxygens (including phenoxy) is 2. The molecule has 0 aromatic heterocycles. The Balaban J connectivity index is 2.05. The smallest absolute Gasteiger partial charge is 0.229 e. The Hall–Kier alpha value is -3.07. The molecule has 0 aliphatic carbocycles. The van der Waals surface area contributed by atoms with E-state index in [9.17, 15) is 18.0 Å². The zero-order valence-electron chi connectivity index (χ0n) is 13.8. The summed E-state index contributed by atoms with van der Waals surface area (Å²) in [6, 6.07) is 10.7. The Bertz CT molecular complexity index is 943. The molecule has 1 amide bonds. The second kappa shape index (κ2) is 7.04. The van der Waals surface area contributed by atoms with Gasteiger partial charge < -0.3 is 14.8 Å². The second-order valence-corrected chi connectivity index (χ2v) is 7.39. The van der Waals surface area contributed by atoms with Crippen LogP contribution in [0.1, 0.15) is 10.4 Å². The number of rotatable bonds is 6. The van der Waals surface area contributed by atoms with Gasteiger partial charge in [-0.15, -0.1) is 0 Å². The maximum absolute atomic E-state index is 12.5. The molecular formula is C17H16N2O6S. The van der Waals surface area contributed by atoms with Gasteiger partial charge in [0.15, 0.2) is 11.5 Å². The van der Waals surface area contributed by atoms with E-state index in [2.05, 4.69) is 10.0 Å². The number of para-hydroxylation sites is 1. The number of hydrogen-bond acceptors (Lipinski definition) is 6. The number of carbonyl (C=O) groups is 2. The molecule has 1 aliphatic rings. The number of fused-ring (bicyclic) bond motifs is 1. The highest BCUT2D eigenvalue weighted by Crippen LogP contribution is 2.38. The van der Waals surface area contributed by atoms with Crippen LogP contribution in [-0.4, -0.2) is 39.5 Å². The van der Waals surface area contributed by atoms with Crippen molar-refractivity contribution in [2.45, 2.75) is 6.04 Å². The third-order valence-electron chi connectivity index (χ3n) is 3.60. The van der Waals surface area contributed by atoms with Gasteiger partial charge in [-0.3, -0.25) is 14.3 Å². The number of Topliss-reactive ketones (excluding diaryl/α,β-unsaturated/α-hetero) is 1. The number of ketones is 1. The van der Waals surface area contributed by atoms with E-state index >= 15 is 0 Å². The van der Waals surface area contributed by atoms with Gasteiger partial charge in [0.1, 0.15) is 24.1 Å². The molecule has 3 rings (SSSR count). The summed E-state index contributed by atoms with van der Waals surface area (Å²) >= 11 is 0. The molecule has 0 fully saturated rings. The van der Waals surface area contributed by atoms with Crippen molar-refractivity contribution in [3.63, 3.8) is 0 Å². The van der Waals surface area contributed by atoms with Gasteiger partial charge in [-0.05, 0) is 18.2 Å². The van der Waals surface area contributed by atoms with Crippen LogP contribution in [0.5, 0.6) is 17.2 Å². The highest BCUT2D eigenvalue weighted by molar-refractivity contribution is 7.92. The van der Waals surface area contributed by atoms with Gasteiger partial charge in [-0.25, -0.2) is 8.42 Å². The lowest BCUT2D eigenvalue weighted by molar-refractivity contribution is -0.110. The molecule has 0 radical (unpaired) electrons. The number of carbonyl (C=O) groups excluding carboxylic acids is 2. The molecular weight excluding hydrogens is 360 g/mol. The van der Waals surface area contributed by atoms with E-state index < -0.39 is 16.1 Å². The SMILES string of the molecule is CS(=O)(=O)Nc1cc2c(cc1Oc1ccccc1)C(=O)[C@H](NC=O)CO2. The maximum atomic E-state index is 12.5. The van der Waals surface area contributed by atoms with Crippen molar-refractivity contribution in [1.82, 2.24) is 5.32 Å². The minimum atomic E-state index is -3.58. The van der Waals surface area contributed by atoms with Crippen LogP contribution in [0.4, 0.5) is 5.69 Å². The van der Waals surface area contributed by atoms with Crippen LogP contribution < -0.4 is 19.5 Å². The molecule has 8 nitrogen and oxygen atoms in total. The van der Waals surface area contributed by atoms with Crippen molar-refractivity contribution < 1.29 is 27.5 Å². The monoisotopic (exact) mass is 376 g/mol. The van der Waals surface area contributed by atoms with E-state index in [0.717, 1.165) is 6.26 Å². The van der Waals surface area contributed by atoms with Gasteiger partial charge in [-0.2, -0.15) is 0 Å². The molecule has 9 heteroatoms. The molecule has 26 heavy (non-hydrogen) atoms.